The van der Waals surface area contributed by atoms with Crippen molar-refractivity contribution in [2.24, 2.45) is 0 Å². The number of carbonyl (C=O) groups excluding carboxylic acids is 3. The number of Topliss-reactive ketones (excluding diaryl/α,β-unsaturated/α-hetero) is 1. The quantitative estimate of drug-likeness (QED) is 0.159. The molecule has 5 nitrogen and oxygen atoms in total. The van der Waals surface area contributed by atoms with Crippen LogP contribution in [0.2, 0.25) is 0 Å². The minimum atomic E-state index is -0.616. The number of ketones is 1. The van der Waals surface area contributed by atoms with E-state index in [1.807, 2.05) is 24.3 Å². The number of hydrogen-bond acceptors (Lipinski definition) is 4. The molecule has 0 saturated heterocycles. The molecule has 2 N–H and O–H groups in total. The van der Waals surface area contributed by atoms with Crippen molar-refractivity contribution in [3.05, 3.63) is 137 Å². The Hall–Kier alpha value is -4.49. The smallest absolute Gasteiger partial charge is 0.272 e. The number of halogens is 1. The first kappa shape index (κ1) is 25.6. The second kappa shape index (κ2) is 12.5. The Labute approximate surface area is 218 Å². The molecule has 184 valence electrons. The van der Waals surface area contributed by atoms with Crippen LogP contribution in [0.25, 0.3) is 6.08 Å². The number of carbonyl (C=O) groups is 3. The number of rotatable bonds is 9. The Balaban J connectivity index is 1.50. The van der Waals surface area contributed by atoms with Gasteiger partial charge in [-0.25, -0.2) is 4.39 Å². The van der Waals surface area contributed by atoms with E-state index in [-0.39, 0.29) is 22.8 Å². The van der Waals surface area contributed by atoms with E-state index in [2.05, 4.69) is 10.6 Å². The summed E-state index contributed by atoms with van der Waals surface area (Å²) >= 11 is 1.35. The molecule has 7 heteroatoms. The molecule has 0 unspecified atom stereocenters. The van der Waals surface area contributed by atoms with Crippen LogP contribution in [0.5, 0.6) is 0 Å². The zero-order chi connectivity index (χ0) is 26.0. The van der Waals surface area contributed by atoms with E-state index in [0.717, 1.165) is 4.90 Å². The molecular weight excluding hydrogens is 487 g/mol. The minimum absolute atomic E-state index is 0.00114. The van der Waals surface area contributed by atoms with Crippen LogP contribution in [-0.4, -0.2) is 23.4 Å². The van der Waals surface area contributed by atoms with Gasteiger partial charge in [-0.3, -0.25) is 14.4 Å². The highest BCUT2D eigenvalue weighted by atomic mass is 32.2. The third kappa shape index (κ3) is 7.25. The lowest BCUT2D eigenvalue weighted by molar-refractivity contribution is -0.113. The van der Waals surface area contributed by atoms with Gasteiger partial charge in [-0.15, -0.1) is 11.8 Å². The standard InChI is InChI=1S/C30H23FN2O3S/c31-26-17-8-7-14-23(26)18-27(33-29(35)22-12-5-2-6-13-22)30(36)32-24-15-9-16-25(19-24)37-20-28(34)21-10-3-1-4-11-21/h1-19H,20H2,(H,32,36)(H,33,35)/b27-18-. The van der Waals surface area contributed by atoms with Gasteiger partial charge >= 0.3 is 0 Å². The van der Waals surface area contributed by atoms with E-state index in [4.69, 9.17) is 0 Å². The number of anilines is 1. The van der Waals surface area contributed by atoms with Gasteiger partial charge in [0, 0.05) is 27.3 Å². The van der Waals surface area contributed by atoms with Crippen molar-refractivity contribution in [1.29, 1.82) is 0 Å². The highest BCUT2D eigenvalue weighted by Crippen LogP contribution is 2.23. The van der Waals surface area contributed by atoms with E-state index in [1.165, 1.54) is 30.0 Å². The van der Waals surface area contributed by atoms with Crippen LogP contribution < -0.4 is 10.6 Å². The van der Waals surface area contributed by atoms with Crippen molar-refractivity contribution in [3.63, 3.8) is 0 Å². The molecule has 0 bridgehead atoms. The molecule has 0 atom stereocenters. The fourth-order valence-corrected chi connectivity index (χ4v) is 4.26. The monoisotopic (exact) mass is 510 g/mol. The van der Waals surface area contributed by atoms with E-state index in [0.29, 0.717) is 16.8 Å². The Kier molecular flexibility index (Phi) is 8.62. The molecule has 0 aromatic heterocycles. The molecule has 37 heavy (non-hydrogen) atoms. The lowest BCUT2D eigenvalue weighted by Crippen LogP contribution is -2.30. The number of thioether (sulfide) groups is 1. The van der Waals surface area contributed by atoms with Crippen molar-refractivity contribution >= 4 is 41.1 Å². The van der Waals surface area contributed by atoms with Crippen molar-refractivity contribution < 1.29 is 18.8 Å². The molecule has 2 amide bonds. The summed E-state index contributed by atoms with van der Waals surface area (Å²) in [6, 6.07) is 30.5. The van der Waals surface area contributed by atoms with Gasteiger partial charge in [0.2, 0.25) is 0 Å². The summed E-state index contributed by atoms with van der Waals surface area (Å²) in [6.07, 6.45) is 1.29. The van der Waals surface area contributed by atoms with Crippen LogP contribution in [0.3, 0.4) is 0 Å². The van der Waals surface area contributed by atoms with Gasteiger partial charge in [-0.1, -0.05) is 72.8 Å². The molecule has 4 aromatic carbocycles. The van der Waals surface area contributed by atoms with Crippen molar-refractivity contribution in [3.8, 4) is 0 Å². The van der Waals surface area contributed by atoms with Crippen LogP contribution in [0.1, 0.15) is 26.3 Å². The van der Waals surface area contributed by atoms with Gasteiger partial charge in [-0.2, -0.15) is 0 Å². The lowest BCUT2D eigenvalue weighted by Gasteiger charge is -2.12. The number of nitrogens with one attached hydrogen (secondary N) is 2. The number of amides is 2. The normalized spacial score (nSPS) is 11.0. The van der Waals surface area contributed by atoms with Gasteiger partial charge in [-0.05, 0) is 42.5 Å². The molecule has 4 aromatic rings. The predicted molar refractivity (Wildman–Crippen MR) is 145 cm³/mol. The summed E-state index contributed by atoms with van der Waals surface area (Å²) in [6.45, 7) is 0. The Morgan fingerprint density at radius 1 is 0.757 bits per heavy atom. The zero-order valence-corrected chi connectivity index (χ0v) is 20.5. The first-order chi connectivity index (χ1) is 18.0. The Bertz CT molecular complexity index is 1440. The highest BCUT2D eigenvalue weighted by molar-refractivity contribution is 8.00. The zero-order valence-electron chi connectivity index (χ0n) is 19.7. The summed E-state index contributed by atoms with van der Waals surface area (Å²) < 4.78 is 14.3. The largest absolute Gasteiger partial charge is 0.321 e. The van der Waals surface area contributed by atoms with Crippen molar-refractivity contribution in [1.82, 2.24) is 5.32 Å². The maximum absolute atomic E-state index is 14.3. The summed E-state index contributed by atoms with van der Waals surface area (Å²) in [5.74, 6) is -1.40. The SMILES string of the molecule is O=C(Nc1cccc(SCC(=O)c2ccccc2)c1)/C(=C/c1ccccc1F)NC(=O)c1ccccc1. The van der Waals surface area contributed by atoms with Crippen LogP contribution in [0, 0.1) is 5.82 Å². The van der Waals surface area contributed by atoms with Gasteiger partial charge in [0.05, 0.1) is 5.75 Å². The molecule has 0 radical (unpaired) electrons. The van der Waals surface area contributed by atoms with E-state index in [9.17, 15) is 18.8 Å². The first-order valence-corrected chi connectivity index (χ1v) is 12.4. The highest BCUT2D eigenvalue weighted by Gasteiger charge is 2.16. The van der Waals surface area contributed by atoms with Crippen molar-refractivity contribution in [2.75, 3.05) is 11.1 Å². The molecule has 0 fully saturated rings. The van der Waals surface area contributed by atoms with Crippen LogP contribution >= 0.6 is 11.8 Å². The van der Waals surface area contributed by atoms with Crippen LogP contribution in [0.15, 0.2) is 120 Å². The summed E-state index contributed by atoms with van der Waals surface area (Å²) in [4.78, 5) is 39.1. The first-order valence-electron chi connectivity index (χ1n) is 11.4. The third-order valence-electron chi connectivity index (χ3n) is 5.29. The molecule has 0 aliphatic carbocycles. The molecule has 0 spiro atoms. The maximum Gasteiger partial charge on any atom is 0.272 e. The van der Waals surface area contributed by atoms with Gasteiger partial charge < -0.3 is 10.6 Å². The molecular formula is C30H23FN2O3S. The second-order valence-corrected chi connectivity index (χ2v) is 9.01. The number of benzene rings is 4. The molecule has 4 rings (SSSR count). The van der Waals surface area contributed by atoms with Crippen molar-refractivity contribution in [2.45, 2.75) is 4.90 Å². The maximum atomic E-state index is 14.3. The van der Waals surface area contributed by atoms with E-state index in [1.54, 1.807) is 72.8 Å². The summed E-state index contributed by atoms with van der Waals surface area (Å²) in [5, 5.41) is 5.35. The Morgan fingerprint density at radius 2 is 1.41 bits per heavy atom. The predicted octanol–water partition coefficient (Wildman–Crippen LogP) is 6.21. The molecule has 0 saturated carbocycles. The van der Waals surface area contributed by atoms with Gasteiger partial charge in [0.25, 0.3) is 11.8 Å². The summed E-state index contributed by atoms with van der Waals surface area (Å²) in [7, 11) is 0. The average Bonchev–Trinajstić information content (AvgIpc) is 2.93. The fraction of sp³-hybridized carbons (Fsp3) is 0.0333. The summed E-state index contributed by atoms with van der Waals surface area (Å²) in [5.41, 5.74) is 1.50. The van der Waals surface area contributed by atoms with Crippen LogP contribution in [0.4, 0.5) is 10.1 Å². The minimum Gasteiger partial charge on any atom is -0.321 e. The van der Waals surface area contributed by atoms with Gasteiger partial charge in [0.1, 0.15) is 11.5 Å². The molecule has 0 aliphatic heterocycles. The van der Waals surface area contributed by atoms with Gasteiger partial charge in [0.15, 0.2) is 5.78 Å². The fourth-order valence-electron chi connectivity index (χ4n) is 3.41. The van der Waals surface area contributed by atoms with E-state index < -0.39 is 17.6 Å². The topological polar surface area (TPSA) is 75.3 Å². The third-order valence-corrected chi connectivity index (χ3v) is 6.29. The lowest BCUT2D eigenvalue weighted by atomic mass is 10.1. The molecule has 0 aliphatic rings. The number of hydrogen-bond donors (Lipinski definition) is 2. The second-order valence-electron chi connectivity index (χ2n) is 7.96. The van der Waals surface area contributed by atoms with Crippen LogP contribution in [-0.2, 0) is 4.79 Å². The average molecular weight is 511 g/mol. The Morgan fingerprint density at radius 3 is 2.11 bits per heavy atom. The molecule has 0 heterocycles. The van der Waals surface area contributed by atoms with E-state index >= 15 is 0 Å².